The Morgan fingerprint density at radius 3 is 2.71 bits per heavy atom. The van der Waals surface area contributed by atoms with Crippen LogP contribution in [0.2, 0.25) is 0 Å². The molecule has 118 valence electrons. The summed E-state index contributed by atoms with van der Waals surface area (Å²) in [6.07, 6.45) is 3.02. The maximum Gasteiger partial charge on any atom is 0.220 e. The van der Waals surface area contributed by atoms with Crippen molar-refractivity contribution >= 4 is 34.2 Å². The SMILES string of the molecule is CC(CC(=O)NCc1ccccc1Br)C1CCNCC1.Cl. The quantitative estimate of drug-likeness (QED) is 0.827. The minimum absolute atomic E-state index is 0. The number of hydrogen-bond acceptors (Lipinski definition) is 2. The molecule has 5 heteroatoms. The van der Waals surface area contributed by atoms with Crippen molar-refractivity contribution in [1.82, 2.24) is 10.6 Å². The number of nitrogens with one attached hydrogen (secondary N) is 2. The Hall–Kier alpha value is -0.580. The molecule has 1 aromatic carbocycles. The molecule has 0 aliphatic carbocycles. The molecule has 1 heterocycles. The molecule has 0 saturated carbocycles. The zero-order valence-corrected chi connectivity index (χ0v) is 14.8. The summed E-state index contributed by atoms with van der Waals surface area (Å²) in [7, 11) is 0. The highest BCUT2D eigenvalue weighted by atomic mass is 79.9. The first-order valence-corrected chi connectivity index (χ1v) is 8.17. The molecule has 1 saturated heterocycles. The van der Waals surface area contributed by atoms with Crippen molar-refractivity contribution in [2.75, 3.05) is 13.1 Å². The van der Waals surface area contributed by atoms with Gasteiger partial charge in [-0.2, -0.15) is 0 Å². The van der Waals surface area contributed by atoms with Crippen LogP contribution in [0.25, 0.3) is 0 Å². The second kappa shape index (κ2) is 9.44. The summed E-state index contributed by atoms with van der Waals surface area (Å²) in [5.74, 6) is 1.31. The molecule has 0 bridgehead atoms. The number of hydrogen-bond donors (Lipinski definition) is 2. The summed E-state index contributed by atoms with van der Waals surface area (Å²) in [6, 6.07) is 8.00. The van der Waals surface area contributed by atoms with E-state index in [4.69, 9.17) is 0 Å². The van der Waals surface area contributed by atoms with Gasteiger partial charge in [0.25, 0.3) is 0 Å². The summed E-state index contributed by atoms with van der Waals surface area (Å²) in [6.45, 7) is 4.98. The van der Waals surface area contributed by atoms with Crippen LogP contribution in [-0.2, 0) is 11.3 Å². The van der Waals surface area contributed by atoms with Crippen LogP contribution in [-0.4, -0.2) is 19.0 Å². The van der Waals surface area contributed by atoms with E-state index in [0.717, 1.165) is 23.1 Å². The summed E-state index contributed by atoms with van der Waals surface area (Å²) < 4.78 is 1.05. The third kappa shape index (κ3) is 5.97. The zero-order valence-electron chi connectivity index (χ0n) is 12.4. The molecule has 1 aliphatic heterocycles. The fourth-order valence-corrected chi connectivity index (χ4v) is 3.21. The molecule has 1 fully saturated rings. The maximum atomic E-state index is 12.0. The molecule has 1 amide bonds. The first-order valence-electron chi connectivity index (χ1n) is 7.37. The first kappa shape index (κ1) is 18.5. The second-order valence-corrected chi connectivity index (χ2v) is 6.49. The Labute approximate surface area is 141 Å². The van der Waals surface area contributed by atoms with Crippen molar-refractivity contribution in [3.05, 3.63) is 34.3 Å². The van der Waals surface area contributed by atoms with Crippen LogP contribution in [0, 0.1) is 11.8 Å². The van der Waals surface area contributed by atoms with Crippen molar-refractivity contribution in [1.29, 1.82) is 0 Å². The molecule has 2 N–H and O–H groups in total. The van der Waals surface area contributed by atoms with Crippen LogP contribution in [0.1, 0.15) is 31.7 Å². The minimum atomic E-state index is 0. The number of amides is 1. The Balaban J connectivity index is 0.00000220. The third-order valence-electron chi connectivity index (χ3n) is 4.13. The van der Waals surface area contributed by atoms with E-state index in [1.807, 2.05) is 24.3 Å². The highest BCUT2D eigenvalue weighted by molar-refractivity contribution is 9.10. The van der Waals surface area contributed by atoms with Gasteiger partial charge in [-0.1, -0.05) is 41.1 Å². The van der Waals surface area contributed by atoms with Gasteiger partial charge in [0.2, 0.25) is 5.91 Å². The summed E-state index contributed by atoms with van der Waals surface area (Å²) >= 11 is 3.50. The number of piperidine rings is 1. The van der Waals surface area contributed by atoms with Crippen LogP contribution < -0.4 is 10.6 Å². The Morgan fingerprint density at radius 2 is 2.05 bits per heavy atom. The molecule has 0 radical (unpaired) electrons. The van der Waals surface area contributed by atoms with Gasteiger partial charge in [-0.25, -0.2) is 0 Å². The Bertz CT molecular complexity index is 450. The normalized spacial score (nSPS) is 16.9. The molecule has 0 aromatic heterocycles. The van der Waals surface area contributed by atoms with Crippen LogP contribution in [0.4, 0.5) is 0 Å². The molecular weight excluding hydrogens is 352 g/mol. The fraction of sp³-hybridized carbons (Fsp3) is 0.562. The van der Waals surface area contributed by atoms with Gasteiger partial charge in [0, 0.05) is 17.4 Å². The molecule has 1 aromatic rings. The number of halogens is 2. The average molecular weight is 376 g/mol. The topological polar surface area (TPSA) is 41.1 Å². The molecular formula is C16H24BrClN2O. The number of rotatable bonds is 5. The lowest BCUT2D eigenvalue weighted by molar-refractivity contribution is -0.122. The Kier molecular flexibility index (Phi) is 8.30. The fourth-order valence-electron chi connectivity index (χ4n) is 2.78. The van der Waals surface area contributed by atoms with Gasteiger partial charge < -0.3 is 10.6 Å². The van der Waals surface area contributed by atoms with Gasteiger partial charge in [-0.05, 0) is 49.4 Å². The van der Waals surface area contributed by atoms with Crippen LogP contribution >= 0.6 is 28.3 Å². The van der Waals surface area contributed by atoms with Crippen molar-refractivity contribution in [2.45, 2.75) is 32.7 Å². The van der Waals surface area contributed by atoms with Gasteiger partial charge in [-0.15, -0.1) is 12.4 Å². The smallest absolute Gasteiger partial charge is 0.220 e. The van der Waals surface area contributed by atoms with Crippen molar-refractivity contribution in [3.63, 3.8) is 0 Å². The molecule has 1 unspecified atom stereocenters. The van der Waals surface area contributed by atoms with Gasteiger partial charge in [-0.3, -0.25) is 4.79 Å². The molecule has 3 nitrogen and oxygen atoms in total. The standard InChI is InChI=1S/C16H23BrN2O.ClH/c1-12(13-6-8-18-9-7-13)10-16(20)19-11-14-4-2-3-5-15(14)17;/h2-5,12-13,18H,6-11H2,1H3,(H,19,20);1H. The van der Waals surface area contributed by atoms with E-state index >= 15 is 0 Å². The zero-order chi connectivity index (χ0) is 14.4. The van der Waals surface area contributed by atoms with E-state index in [9.17, 15) is 4.79 Å². The van der Waals surface area contributed by atoms with Crippen molar-refractivity contribution in [3.8, 4) is 0 Å². The predicted molar refractivity (Wildman–Crippen MR) is 92.6 cm³/mol. The second-order valence-electron chi connectivity index (χ2n) is 5.64. The lowest BCUT2D eigenvalue weighted by Crippen LogP contribution is -2.33. The molecule has 1 aliphatic rings. The van der Waals surface area contributed by atoms with E-state index in [0.29, 0.717) is 24.8 Å². The van der Waals surface area contributed by atoms with Crippen molar-refractivity contribution in [2.24, 2.45) is 11.8 Å². The predicted octanol–water partition coefficient (Wildman–Crippen LogP) is 3.51. The molecule has 21 heavy (non-hydrogen) atoms. The molecule has 2 rings (SSSR count). The Morgan fingerprint density at radius 1 is 1.38 bits per heavy atom. The van der Waals surface area contributed by atoms with E-state index < -0.39 is 0 Å². The third-order valence-corrected chi connectivity index (χ3v) is 4.90. The van der Waals surface area contributed by atoms with E-state index in [2.05, 4.69) is 33.5 Å². The first-order chi connectivity index (χ1) is 9.66. The highest BCUT2D eigenvalue weighted by Crippen LogP contribution is 2.24. The van der Waals surface area contributed by atoms with Gasteiger partial charge in [0.15, 0.2) is 0 Å². The van der Waals surface area contributed by atoms with E-state index in [1.165, 1.54) is 12.8 Å². The number of carbonyl (C=O) groups is 1. The largest absolute Gasteiger partial charge is 0.352 e. The van der Waals surface area contributed by atoms with E-state index in [1.54, 1.807) is 0 Å². The summed E-state index contributed by atoms with van der Waals surface area (Å²) in [5, 5.41) is 6.40. The van der Waals surface area contributed by atoms with Crippen LogP contribution in [0.5, 0.6) is 0 Å². The summed E-state index contributed by atoms with van der Waals surface area (Å²) in [4.78, 5) is 12.0. The lowest BCUT2D eigenvalue weighted by Gasteiger charge is -2.27. The molecule has 0 spiro atoms. The van der Waals surface area contributed by atoms with Gasteiger partial charge in [0.1, 0.15) is 0 Å². The van der Waals surface area contributed by atoms with Crippen molar-refractivity contribution < 1.29 is 4.79 Å². The van der Waals surface area contributed by atoms with Crippen LogP contribution in [0.15, 0.2) is 28.7 Å². The van der Waals surface area contributed by atoms with Gasteiger partial charge in [0.05, 0.1) is 0 Å². The van der Waals surface area contributed by atoms with E-state index in [-0.39, 0.29) is 18.3 Å². The monoisotopic (exact) mass is 374 g/mol. The highest BCUT2D eigenvalue weighted by Gasteiger charge is 2.21. The average Bonchev–Trinajstić information content (AvgIpc) is 2.47. The maximum absolute atomic E-state index is 12.0. The number of benzene rings is 1. The lowest BCUT2D eigenvalue weighted by atomic mass is 9.84. The molecule has 1 atom stereocenters. The summed E-state index contributed by atoms with van der Waals surface area (Å²) in [5.41, 5.74) is 1.12. The van der Waals surface area contributed by atoms with Crippen LogP contribution in [0.3, 0.4) is 0 Å². The minimum Gasteiger partial charge on any atom is -0.352 e. The number of carbonyl (C=O) groups excluding carboxylic acids is 1. The van der Waals surface area contributed by atoms with Gasteiger partial charge >= 0.3 is 0 Å².